The van der Waals surface area contributed by atoms with Gasteiger partial charge in [-0.15, -0.1) is 11.3 Å². The Hall–Kier alpha value is -1.59. The summed E-state index contributed by atoms with van der Waals surface area (Å²) in [6, 6.07) is 8.80. The predicted octanol–water partition coefficient (Wildman–Crippen LogP) is 4.70. The highest BCUT2D eigenvalue weighted by molar-refractivity contribution is 7.17. The maximum Gasteiger partial charge on any atom is 0.317 e. The molecule has 1 aromatic heterocycles. The van der Waals surface area contributed by atoms with Crippen LogP contribution in [0.4, 0.5) is 4.79 Å². The molecule has 27 heavy (non-hydrogen) atoms. The molecule has 2 aromatic rings. The van der Waals surface area contributed by atoms with Crippen molar-refractivity contribution in [1.29, 1.82) is 0 Å². The highest BCUT2D eigenvalue weighted by Gasteiger charge is 2.25. The summed E-state index contributed by atoms with van der Waals surface area (Å²) in [5, 5.41) is 6.70. The molecule has 0 bridgehead atoms. The monoisotopic (exact) mass is 385 g/mol. The molecule has 4 rings (SSSR count). The van der Waals surface area contributed by atoms with Gasteiger partial charge < -0.3 is 15.1 Å². The van der Waals surface area contributed by atoms with Crippen LogP contribution in [0.3, 0.4) is 0 Å². The maximum absolute atomic E-state index is 12.6. The van der Waals surface area contributed by atoms with Gasteiger partial charge in [-0.3, -0.25) is 0 Å². The number of benzene rings is 1. The molecule has 2 aliphatic rings. The number of hydrogen-bond acceptors (Lipinski definition) is 3. The molecule has 1 aliphatic heterocycles. The summed E-state index contributed by atoms with van der Waals surface area (Å²) in [6.07, 6.45) is 7.82. The van der Waals surface area contributed by atoms with Gasteiger partial charge in [0.05, 0.1) is 0 Å². The smallest absolute Gasteiger partial charge is 0.317 e. The van der Waals surface area contributed by atoms with E-state index >= 15 is 0 Å². The van der Waals surface area contributed by atoms with Crippen molar-refractivity contribution >= 4 is 27.5 Å². The summed E-state index contributed by atoms with van der Waals surface area (Å²) in [5.74, 6) is 0.919. The van der Waals surface area contributed by atoms with E-state index in [-0.39, 0.29) is 6.03 Å². The van der Waals surface area contributed by atoms with Gasteiger partial charge in [-0.2, -0.15) is 0 Å². The van der Waals surface area contributed by atoms with Crippen LogP contribution >= 0.6 is 11.3 Å². The molecule has 1 aromatic carbocycles. The number of nitrogens with zero attached hydrogens (tertiary/aromatic N) is 2. The van der Waals surface area contributed by atoms with Crippen LogP contribution in [-0.2, 0) is 6.54 Å². The zero-order valence-corrected chi connectivity index (χ0v) is 17.1. The third-order valence-corrected chi connectivity index (χ3v) is 7.23. The first-order chi connectivity index (χ1) is 13.2. The van der Waals surface area contributed by atoms with Crippen LogP contribution < -0.4 is 5.32 Å². The molecule has 0 atom stereocenters. The Labute approximate surface area is 166 Å². The Morgan fingerprint density at radius 1 is 1.19 bits per heavy atom. The molecule has 1 N–H and O–H groups in total. The minimum absolute atomic E-state index is 0.0551. The van der Waals surface area contributed by atoms with Crippen molar-refractivity contribution in [3.63, 3.8) is 0 Å². The average molecular weight is 386 g/mol. The second kappa shape index (κ2) is 8.61. The fourth-order valence-electron chi connectivity index (χ4n) is 4.59. The summed E-state index contributed by atoms with van der Waals surface area (Å²) in [4.78, 5) is 17.1. The minimum Gasteiger partial charge on any atom is -0.335 e. The van der Waals surface area contributed by atoms with Gasteiger partial charge in [-0.1, -0.05) is 31.0 Å². The van der Waals surface area contributed by atoms with E-state index in [1.807, 2.05) is 11.9 Å². The van der Waals surface area contributed by atoms with Crippen molar-refractivity contribution in [3.05, 3.63) is 35.2 Å². The van der Waals surface area contributed by atoms with E-state index < -0.39 is 0 Å². The third-order valence-electron chi connectivity index (χ3n) is 6.22. The summed E-state index contributed by atoms with van der Waals surface area (Å²) >= 11 is 1.75. The molecule has 1 saturated heterocycles. The number of likely N-dealkylation sites (tertiary alicyclic amines) is 1. The number of nitrogens with one attached hydrogen (secondary N) is 1. The van der Waals surface area contributed by atoms with Gasteiger partial charge in [-0.25, -0.2) is 4.79 Å². The summed E-state index contributed by atoms with van der Waals surface area (Å²) in [7, 11) is 1.90. The highest BCUT2D eigenvalue weighted by Crippen LogP contribution is 2.27. The normalized spacial score (nSPS) is 19.6. The summed E-state index contributed by atoms with van der Waals surface area (Å²) < 4.78 is 1.29. The lowest BCUT2D eigenvalue weighted by Crippen LogP contribution is -2.48. The zero-order valence-electron chi connectivity index (χ0n) is 16.3. The van der Waals surface area contributed by atoms with Crippen molar-refractivity contribution in [2.45, 2.75) is 51.1 Å². The number of hydrogen-bond donors (Lipinski definition) is 1. The van der Waals surface area contributed by atoms with Gasteiger partial charge in [0.2, 0.25) is 0 Å². The van der Waals surface area contributed by atoms with Gasteiger partial charge in [0.25, 0.3) is 0 Å². The molecule has 2 heterocycles. The largest absolute Gasteiger partial charge is 0.335 e. The number of fused-ring (bicyclic) bond motifs is 1. The van der Waals surface area contributed by atoms with Crippen LogP contribution in [0.25, 0.3) is 10.1 Å². The van der Waals surface area contributed by atoms with E-state index in [0.717, 1.165) is 31.8 Å². The second-order valence-electron chi connectivity index (χ2n) is 8.29. The Bertz CT molecular complexity index is 760. The van der Waals surface area contributed by atoms with Crippen LogP contribution in [-0.4, -0.2) is 48.6 Å². The Kier molecular flexibility index (Phi) is 5.98. The van der Waals surface area contributed by atoms with Crippen molar-refractivity contribution < 1.29 is 4.79 Å². The maximum atomic E-state index is 12.6. The number of urea groups is 1. The standard InChI is InChI=1S/C22H31N3OS/c1-24(15-18-16-27-21-9-5-4-8-20(18)21)22(26)23-19-10-12-25(13-11-19)14-17-6-2-3-7-17/h4-5,8-9,16-17,19H,2-3,6-7,10-15H2,1H3,(H,23,26). The van der Waals surface area contributed by atoms with Gasteiger partial charge >= 0.3 is 6.03 Å². The Balaban J connectivity index is 1.24. The van der Waals surface area contributed by atoms with Crippen molar-refractivity contribution in [3.8, 4) is 0 Å². The van der Waals surface area contributed by atoms with Crippen molar-refractivity contribution in [2.24, 2.45) is 5.92 Å². The molecule has 5 heteroatoms. The number of amides is 2. The summed E-state index contributed by atoms with van der Waals surface area (Å²) in [6.45, 7) is 4.18. The average Bonchev–Trinajstić information content (AvgIpc) is 3.34. The van der Waals surface area contributed by atoms with E-state index in [9.17, 15) is 4.79 Å². The van der Waals surface area contributed by atoms with Crippen LogP contribution in [0.2, 0.25) is 0 Å². The summed E-state index contributed by atoms with van der Waals surface area (Å²) in [5.41, 5.74) is 1.24. The van der Waals surface area contributed by atoms with Crippen molar-refractivity contribution in [2.75, 3.05) is 26.7 Å². The highest BCUT2D eigenvalue weighted by atomic mass is 32.1. The van der Waals surface area contributed by atoms with Gasteiger partial charge in [-0.05, 0) is 54.0 Å². The first-order valence-corrected chi connectivity index (χ1v) is 11.3. The minimum atomic E-state index is 0.0551. The van der Waals surface area contributed by atoms with Gasteiger partial charge in [0.15, 0.2) is 0 Å². The number of carbonyl (C=O) groups is 1. The molecule has 4 nitrogen and oxygen atoms in total. The van der Waals surface area contributed by atoms with Crippen LogP contribution in [0.1, 0.15) is 44.1 Å². The zero-order chi connectivity index (χ0) is 18.6. The fourth-order valence-corrected chi connectivity index (χ4v) is 5.54. The van der Waals surface area contributed by atoms with Gasteiger partial charge in [0, 0.05) is 44.0 Å². The Morgan fingerprint density at radius 3 is 2.70 bits per heavy atom. The molecule has 1 saturated carbocycles. The van der Waals surface area contributed by atoms with Crippen LogP contribution in [0.15, 0.2) is 29.6 Å². The molecule has 146 valence electrons. The molecule has 0 spiro atoms. The molecule has 0 radical (unpaired) electrons. The quantitative estimate of drug-likeness (QED) is 0.810. The van der Waals surface area contributed by atoms with E-state index in [1.165, 1.54) is 47.9 Å². The number of thiophene rings is 1. The first-order valence-electron chi connectivity index (χ1n) is 10.4. The van der Waals surface area contributed by atoms with Crippen LogP contribution in [0.5, 0.6) is 0 Å². The molecule has 1 aliphatic carbocycles. The fraction of sp³-hybridized carbons (Fsp3) is 0.591. The molecule has 2 amide bonds. The second-order valence-corrected chi connectivity index (χ2v) is 9.20. The van der Waals surface area contributed by atoms with E-state index in [1.54, 1.807) is 11.3 Å². The molecular weight excluding hydrogens is 354 g/mol. The predicted molar refractivity (Wildman–Crippen MR) is 113 cm³/mol. The van der Waals surface area contributed by atoms with Crippen LogP contribution in [0, 0.1) is 5.92 Å². The number of carbonyl (C=O) groups excluding carboxylic acids is 1. The number of rotatable bonds is 5. The van der Waals surface area contributed by atoms with E-state index in [2.05, 4.69) is 39.9 Å². The van der Waals surface area contributed by atoms with E-state index in [4.69, 9.17) is 0 Å². The first kappa shape index (κ1) is 18.8. The molecule has 2 fully saturated rings. The lowest BCUT2D eigenvalue weighted by molar-refractivity contribution is 0.163. The lowest BCUT2D eigenvalue weighted by atomic mass is 10.0. The SMILES string of the molecule is CN(Cc1csc2ccccc12)C(=O)NC1CCN(CC2CCCC2)CC1. The molecule has 0 unspecified atom stereocenters. The van der Waals surface area contributed by atoms with Gasteiger partial charge in [0.1, 0.15) is 0 Å². The van der Waals surface area contributed by atoms with E-state index in [0.29, 0.717) is 12.6 Å². The third kappa shape index (κ3) is 4.64. The Morgan fingerprint density at radius 2 is 1.93 bits per heavy atom. The number of piperidine rings is 1. The topological polar surface area (TPSA) is 35.6 Å². The lowest BCUT2D eigenvalue weighted by Gasteiger charge is -2.34. The molecular formula is C22H31N3OS. The van der Waals surface area contributed by atoms with Crippen molar-refractivity contribution in [1.82, 2.24) is 15.1 Å².